The van der Waals surface area contributed by atoms with Crippen molar-refractivity contribution < 1.29 is 4.79 Å². The third-order valence-electron chi connectivity index (χ3n) is 9.72. The van der Waals surface area contributed by atoms with E-state index in [9.17, 15) is 4.79 Å². The molecule has 2 atom stereocenters. The van der Waals surface area contributed by atoms with Gasteiger partial charge in [0.1, 0.15) is 17.8 Å². The van der Waals surface area contributed by atoms with Crippen LogP contribution in [0.3, 0.4) is 0 Å². The lowest BCUT2D eigenvalue weighted by Crippen LogP contribution is -2.57. The van der Waals surface area contributed by atoms with Crippen LogP contribution in [0.2, 0.25) is 5.02 Å². The minimum absolute atomic E-state index is 0.108. The molecule has 1 saturated heterocycles. The Labute approximate surface area is 260 Å². The summed E-state index contributed by atoms with van der Waals surface area (Å²) in [5.74, 6) is 1.92. The van der Waals surface area contributed by atoms with E-state index in [1.165, 1.54) is 63.4 Å². The zero-order valence-corrected chi connectivity index (χ0v) is 27.2. The van der Waals surface area contributed by atoms with E-state index in [0.29, 0.717) is 34.7 Å². The predicted octanol–water partition coefficient (Wildman–Crippen LogP) is 8.72. The highest BCUT2D eigenvalue weighted by atomic mass is 35.5. The predicted molar refractivity (Wildman–Crippen MR) is 174 cm³/mol. The number of allylic oxidation sites excluding steroid dienone is 1. The van der Waals surface area contributed by atoms with Gasteiger partial charge in [-0.2, -0.15) is 15.5 Å². The van der Waals surface area contributed by atoms with Crippen molar-refractivity contribution in [1.29, 1.82) is 5.26 Å². The van der Waals surface area contributed by atoms with Crippen LogP contribution in [0.15, 0.2) is 35.0 Å². The van der Waals surface area contributed by atoms with Gasteiger partial charge in [0.25, 0.3) is 0 Å². The molecule has 232 valence electrons. The van der Waals surface area contributed by atoms with Gasteiger partial charge < -0.3 is 5.73 Å². The van der Waals surface area contributed by atoms with Gasteiger partial charge in [0.2, 0.25) is 0 Å². The van der Waals surface area contributed by atoms with Gasteiger partial charge in [-0.3, -0.25) is 9.69 Å². The Morgan fingerprint density at radius 1 is 1.12 bits per heavy atom. The molecule has 6 nitrogen and oxygen atoms in total. The number of unbranched alkanes of at least 4 members (excludes halogenated alkanes) is 3. The molecule has 2 bridgehead atoms. The van der Waals surface area contributed by atoms with Gasteiger partial charge in [-0.15, -0.1) is 6.58 Å². The lowest BCUT2D eigenvalue weighted by atomic mass is 9.80. The molecule has 1 aromatic carbocycles. The smallest absolute Gasteiger partial charge is 0.163 e. The number of Topliss-reactive ketones (excluding diaryl/α,β-unsaturated/α-hetero) is 1. The third-order valence-corrected chi connectivity index (χ3v) is 10.2. The second kappa shape index (κ2) is 17.3. The Morgan fingerprint density at radius 2 is 1.81 bits per heavy atom. The topological polar surface area (TPSA) is 94.8 Å². The molecule has 3 aliphatic heterocycles. The summed E-state index contributed by atoms with van der Waals surface area (Å²) in [5, 5.41) is 18.3. The summed E-state index contributed by atoms with van der Waals surface area (Å²) >= 11 is 6.20. The van der Waals surface area contributed by atoms with Crippen molar-refractivity contribution in [2.75, 3.05) is 13.1 Å². The fourth-order valence-corrected chi connectivity index (χ4v) is 7.19. The molecule has 3 fully saturated rings. The summed E-state index contributed by atoms with van der Waals surface area (Å²) in [6, 6.07) is 6.29. The van der Waals surface area contributed by atoms with Crippen molar-refractivity contribution in [2.45, 2.75) is 135 Å². The van der Waals surface area contributed by atoms with Crippen LogP contribution in [0.4, 0.5) is 0 Å². The van der Waals surface area contributed by atoms with E-state index >= 15 is 0 Å². The lowest BCUT2D eigenvalue weighted by Gasteiger charge is -2.48. The van der Waals surface area contributed by atoms with Crippen LogP contribution in [0.5, 0.6) is 0 Å². The van der Waals surface area contributed by atoms with E-state index < -0.39 is 0 Å². The molecule has 2 aliphatic carbocycles. The first-order valence-electron chi connectivity index (χ1n) is 16.5. The zero-order chi connectivity index (χ0) is 30.5. The number of hydrogen-bond acceptors (Lipinski definition) is 6. The van der Waals surface area contributed by atoms with Crippen molar-refractivity contribution in [3.63, 3.8) is 0 Å². The number of likely N-dealkylation sites (tertiary alicyclic amines) is 1. The first kappa shape index (κ1) is 34.4. The number of nitriles is 1. The fourth-order valence-electron chi connectivity index (χ4n) is 6.97. The summed E-state index contributed by atoms with van der Waals surface area (Å²) in [6.07, 6.45) is 19.5. The number of carbonyl (C=O) groups is 1. The normalized spacial score (nSPS) is 27.3. The highest BCUT2D eigenvalue weighted by Crippen LogP contribution is 2.41. The number of nitrogens with two attached hydrogens (primary N) is 1. The second-order valence-electron chi connectivity index (χ2n) is 12.9. The van der Waals surface area contributed by atoms with E-state index in [1.807, 2.05) is 26.0 Å². The van der Waals surface area contributed by atoms with Gasteiger partial charge in [-0.25, -0.2) is 0 Å². The molecule has 3 heterocycles. The van der Waals surface area contributed by atoms with E-state index in [2.05, 4.69) is 34.7 Å². The molecule has 5 aliphatic rings. The van der Waals surface area contributed by atoms with Gasteiger partial charge in [0.05, 0.1) is 10.6 Å². The highest BCUT2D eigenvalue weighted by molar-refractivity contribution is 6.32. The number of rotatable bonds is 8. The summed E-state index contributed by atoms with van der Waals surface area (Å²) in [4.78, 5) is 14.5. The van der Waals surface area contributed by atoms with Crippen LogP contribution in [0.1, 0.15) is 120 Å². The quantitative estimate of drug-likeness (QED) is 0.240. The summed E-state index contributed by atoms with van der Waals surface area (Å²) in [7, 11) is 0. The molecule has 0 radical (unpaired) electrons. The highest BCUT2D eigenvalue weighted by Gasteiger charge is 2.49. The maximum atomic E-state index is 12.0. The molecule has 0 spiro atoms. The molecule has 1 unspecified atom stereocenters. The van der Waals surface area contributed by atoms with E-state index in [0.717, 1.165) is 56.7 Å². The Kier molecular flexibility index (Phi) is 14.2. The molecular formula is C35H54ClN5O. The maximum Gasteiger partial charge on any atom is 0.163 e. The molecule has 0 amide bonds. The van der Waals surface area contributed by atoms with Crippen molar-refractivity contribution in [3.05, 3.63) is 46.5 Å². The first-order valence-corrected chi connectivity index (χ1v) is 16.8. The molecular weight excluding hydrogens is 542 g/mol. The monoisotopic (exact) mass is 595 g/mol. The van der Waals surface area contributed by atoms with Crippen LogP contribution in [0, 0.1) is 30.1 Å². The van der Waals surface area contributed by atoms with Crippen molar-refractivity contribution >= 4 is 17.4 Å². The van der Waals surface area contributed by atoms with Gasteiger partial charge in [-0.05, 0) is 101 Å². The van der Waals surface area contributed by atoms with Gasteiger partial charge in [-0.1, -0.05) is 62.8 Å². The Hall–Kier alpha value is -2.07. The van der Waals surface area contributed by atoms with Crippen LogP contribution in [-0.4, -0.2) is 41.5 Å². The number of halogens is 1. The Balaban J connectivity index is 0.000000213. The van der Waals surface area contributed by atoms with Crippen molar-refractivity contribution in [1.82, 2.24) is 4.90 Å². The molecule has 0 aromatic heterocycles. The summed E-state index contributed by atoms with van der Waals surface area (Å²) in [6.45, 7) is 11.7. The number of azo groups is 1. The number of hydrogen-bond donors (Lipinski definition) is 1. The van der Waals surface area contributed by atoms with Gasteiger partial charge in [0.15, 0.2) is 5.78 Å². The second-order valence-corrected chi connectivity index (χ2v) is 13.3. The number of ketones is 1. The fraction of sp³-hybridized carbons (Fsp3) is 0.714. The average molecular weight is 596 g/mol. The largest absolute Gasteiger partial charge is 0.328 e. The van der Waals surface area contributed by atoms with E-state index in [4.69, 9.17) is 22.6 Å². The van der Waals surface area contributed by atoms with Crippen LogP contribution >= 0.6 is 11.6 Å². The first-order chi connectivity index (χ1) is 20.3. The molecule has 2 N–H and O–H groups in total. The summed E-state index contributed by atoms with van der Waals surface area (Å²) < 4.78 is 0. The van der Waals surface area contributed by atoms with Crippen molar-refractivity contribution in [3.8, 4) is 6.07 Å². The number of piperidine rings is 1. The molecule has 6 rings (SSSR count). The van der Waals surface area contributed by atoms with E-state index in [1.54, 1.807) is 6.08 Å². The number of fused-ring (bicyclic) bond motifs is 2. The SMILES string of the molecule is C=CC.CCCCCCC1CCN([C@@]23CCC(N=N2)C(=O)C3)CC1.Cc1c(CC2CCC(N)CC2)ccc(C#N)c1Cl. The van der Waals surface area contributed by atoms with Crippen LogP contribution in [-0.2, 0) is 11.2 Å². The van der Waals surface area contributed by atoms with Crippen LogP contribution < -0.4 is 5.73 Å². The molecule has 1 aromatic rings. The molecule has 2 saturated carbocycles. The molecule has 42 heavy (non-hydrogen) atoms. The Bertz CT molecular complexity index is 1080. The third kappa shape index (κ3) is 9.46. The maximum absolute atomic E-state index is 12.0. The zero-order valence-electron chi connectivity index (χ0n) is 26.4. The van der Waals surface area contributed by atoms with Crippen LogP contribution in [0.25, 0.3) is 0 Å². The van der Waals surface area contributed by atoms with Gasteiger partial charge >= 0.3 is 0 Å². The minimum Gasteiger partial charge on any atom is -0.328 e. The average Bonchev–Trinajstić information content (AvgIpc) is 3.00. The number of carbonyl (C=O) groups excluding carboxylic acids is 1. The number of benzene rings is 1. The van der Waals surface area contributed by atoms with Crippen molar-refractivity contribution in [2.24, 2.45) is 27.8 Å². The Morgan fingerprint density at radius 3 is 2.38 bits per heavy atom. The number of nitrogens with zero attached hydrogens (tertiary/aromatic N) is 4. The standard InChI is InChI=1S/C17H29N3O.C15H19ClN2.C3H6/c1-2-3-4-5-6-14-8-11-20(12-9-14)17-10-7-15(18-19-17)16(21)13-17;1-10-12(4-5-13(9-17)15(10)16)8-11-2-6-14(18)7-3-11;1-3-2/h14-15H,2-13H2,1H3;4-5,11,14H,2-3,6-8,18H2,1H3;3H,1H2,2H3/t15?,17-;;/m1../s1. The molecule has 7 heteroatoms. The summed E-state index contributed by atoms with van der Waals surface area (Å²) in [5.41, 5.74) is 8.58. The van der Waals surface area contributed by atoms with Gasteiger partial charge in [0, 0.05) is 25.6 Å². The lowest BCUT2D eigenvalue weighted by molar-refractivity contribution is -0.130. The minimum atomic E-state index is -0.251. The van der Waals surface area contributed by atoms with E-state index in [-0.39, 0.29) is 11.7 Å².